The van der Waals surface area contributed by atoms with Crippen LogP contribution < -0.4 is 10.1 Å². The maximum Gasteiger partial charge on any atom is 0.331 e. The summed E-state index contributed by atoms with van der Waals surface area (Å²) in [4.78, 5) is 11.2. The molecule has 0 unspecified atom stereocenters. The number of para-hydroxylation sites is 1. The Hall–Kier alpha value is -1.81. The van der Waals surface area contributed by atoms with Crippen LogP contribution in [-0.4, -0.2) is 31.3 Å². The summed E-state index contributed by atoms with van der Waals surface area (Å²) in [5.41, 5.74) is 2.16. The van der Waals surface area contributed by atoms with Crippen molar-refractivity contribution in [2.45, 2.75) is 6.42 Å². The van der Waals surface area contributed by atoms with Crippen molar-refractivity contribution < 1.29 is 14.6 Å². The molecule has 0 amide bonds. The van der Waals surface area contributed by atoms with Crippen LogP contribution in [0.5, 0.6) is 5.75 Å². The van der Waals surface area contributed by atoms with Crippen LogP contribution in [0.1, 0.15) is 12.0 Å². The van der Waals surface area contributed by atoms with Gasteiger partial charge in [0.15, 0.2) is 0 Å². The van der Waals surface area contributed by atoms with E-state index in [9.17, 15) is 9.90 Å². The van der Waals surface area contributed by atoms with Gasteiger partial charge in [-0.2, -0.15) is 0 Å². The molecule has 90 valence electrons. The Morgan fingerprint density at radius 1 is 1.41 bits per heavy atom. The number of nitrogens with one attached hydrogen (secondary N) is 1. The molecule has 1 heterocycles. The zero-order valence-corrected chi connectivity index (χ0v) is 9.69. The van der Waals surface area contributed by atoms with Gasteiger partial charge in [0.05, 0.1) is 7.11 Å². The van der Waals surface area contributed by atoms with Crippen LogP contribution in [0, 0.1) is 0 Å². The Labute approximate surface area is 99.9 Å². The highest BCUT2D eigenvalue weighted by Crippen LogP contribution is 2.30. The van der Waals surface area contributed by atoms with Crippen molar-refractivity contribution in [3.63, 3.8) is 0 Å². The summed E-state index contributed by atoms with van der Waals surface area (Å²) in [6.07, 6.45) is 0.544. The average Bonchev–Trinajstić information content (AvgIpc) is 2.38. The first-order chi connectivity index (χ1) is 8.24. The molecule has 0 radical (unpaired) electrons. The largest absolute Gasteiger partial charge is 0.496 e. The summed E-state index contributed by atoms with van der Waals surface area (Å²) in [6.45, 7) is 1.28. The fraction of sp³-hybridized carbons (Fsp3) is 0.308. The van der Waals surface area contributed by atoms with Crippen LogP contribution in [0.15, 0.2) is 29.8 Å². The molecule has 2 rings (SSSR count). The summed E-state index contributed by atoms with van der Waals surface area (Å²) in [5, 5.41) is 12.4. The highest BCUT2D eigenvalue weighted by Gasteiger charge is 2.21. The molecular formula is C13H15NO3. The zero-order valence-electron chi connectivity index (χ0n) is 9.69. The number of rotatable bonds is 3. The minimum absolute atomic E-state index is 0.480. The first-order valence-corrected chi connectivity index (χ1v) is 5.53. The zero-order chi connectivity index (χ0) is 12.3. The number of hydrogen-bond donors (Lipinski definition) is 2. The molecule has 1 aliphatic rings. The fourth-order valence-corrected chi connectivity index (χ4v) is 2.07. The molecule has 0 fully saturated rings. The molecule has 4 heteroatoms. The highest BCUT2D eigenvalue weighted by molar-refractivity contribution is 5.98. The summed E-state index contributed by atoms with van der Waals surface area (Å²) < 4.78 is 5.27. The van der Waals surface area contributed by atoms with Gasteiger partial charge >= 0.3 is 5.97 Å². The van der Waals surface area contributed by atoms with Gasteiger partial charge in [0, 0.05) is 17.7 Å². The number of hydrogen-bond acceptors (Lipinski definition) is 3. The van der Waals surface area contributed by atoms with E-state index in [-0.39, 0.29) is 0 Å². The molecule has 0 aliphatic carbocycles. The van der Waals surface area contributed by atoms with E-state index in [1.165, 1.54) is 0 Å². The number of carbonyl (C=O) groups is 1. The minimum atomic E-state index is -0.840. The standard InChI is InChI=1S/C13H15NO3/c1-17-12-5-3-2-4-9(12)11-8-14-7-6-10(11)13(15)16/h2-5,14H,6-8H2,1H3,(H,15,16). The van der Waals surface area contributed by atoms with Gasteiger partial charge in [-0.15, -0.1) is 0 Å². The third-order valence-corrected chi connectivity index (χ3v) is 2.91. The Kier molecular flexibility index (Phi) is 3.44. The van der Waals surface area contributed by atoms with Crippen molar-refractivity contribution in [1.82, 2.24) is 5.32 Å². The Bertz CT molecular complexity index is 465. The van der Waals surface area contributed by atoms with Crippen LogP contribution in [-0.2, 0) is 4.79 Å². The molecular weight excluding hydrogens is 218 g/mol. The van der Waals surface area contributed by atoms with Crippen molar-refractivity contribution in [1.29, 1.82) is 0 Å². The molecule has 1 aromatic carbocycles. The maximum atomic E-state index is 11.2. The summed E-state index contributed by atoms with van der Waals surface area (Å²) in [6, 6.07) is 7.50. The normalized spacial score (nSPS) is 15.8. The van der Waals surface area contributed by atoms with Crippen LogP contribution in [0.4, 0.5) is 0 Å². The van der Waals surface area contributed by atoms with Crippen molar-refractivity contribution in [2.75, 3.05) is 20.2 Å². The quantitative estimate of drug-likeness (QED) is 0.831. The fourth-order valence-electron chi connectivity index (χ4n) is 2.07. The first-order valence-electron chi connectivity index (χ1n) is 5.53. The third-order valence-electron chi connectivity index (χ3n) is 2.91. The summed E-state index contributed by atoms with van der Waals surface area (Å²) >= 11 is 0. The van der Waals surface area contributed by atoms with Crippen LogP contribution in [0.2, 0.25) is 0 Å². The van der Waals surface area contributed by atoms with E-state index in [0.717, 1.165) is 11.1 Å². The minimum Gasteiger partial charge on any atom is -0.496 e. The molecule has 0 saturated heterocycles. The summed E-state index contributed by atoms with van der Waals surface area (Å²) in [5.74, 6) is -0.127. The lowest BCUT2D eigenvalue weighted by atomic mass is 9.94. The first kappa shape index (κ1) is 11.7. The molecule has 4 nitrogen and oxygen atoms in total. The van der Waals surface area contributed by atoms with E-state index in [1.807, 2.05) is 24.3 Å². The number of ether oxygens (including phenoxy) is 1. The smallest absolute Gasteiger partial charge is 0.331 e. The molecule has 0 atom stereocenters. The number of benzene rings is 1. The van der Waals surface area contributed by atoms with Crippen molar-refractivity contribution in [3.8, 4) is 5.75 Å². The Morgan fingerprint density at radius 3 is 2.88 bits per heavy atom. The van der Waals surface area contributed by atoms with Gasteiger partial charge in [0.1, 0.15) is 5.75 Å². The van der Waals surface area contributed by atoms with E-state index < -0.39 is 5.97 Å². The number of aliphatic carboxylic acids is 1. The van der Waals surface area contributed by atoms with Crippen LogP contribution in [0.3, 0.4) is 0 Å². The second-order valence-electron chi connectivity index (χ2n) is 3.89. The molecule has 0 spiro atoms. The van der Waals surface area contributed by atoms with Gasteiger partial charge in [-0.05, 0) is 24.6 Å². The van der Waals surface area contributed by atoms with Gasteiger partial charge in [-0.25, -0.2) is 4.79 Å². The van der Waals surface area contributed by atoms with Crippen LogP contribution in [0.25, 0.3) is 5.57 Å². The van der Waals surface area contributed by atoms with E-state index in [2.05, 4.69) is 5.32 Å². The lowest BCUT2D eigenvalue weighted by molar-refractivity contribution is -0.132. The second kappa shape index (κ2) is 5.01. The SMILES string of the molecule is COc1ccccc1C1=C(C(=O)O)CCNC1. The average molecular weight is 233 g/mol. The predicted octanol–water partition coefficient (Wildman–Crippen LogP) is 1.53. The lowest BCUT2D eigenvalue weighted by Gasteiger charge is -2.20. The van der Waals surface area contributed by atoms with Gasteiger partial charge in [-0.1, -0.05) is 18.2 Å². The van der Waals surface area contributed by atoms with E-state index in [4.69, 9.17) is 4.74 Å². The van der Waals surface area contributed by atoms with Crippen LogP contribution >= 0.6 is 0 Å². The topological polar surface area (TPSA) is 58.6 Å². The Morgan fingerprint density at radius 2 is 2.18 bits per heavy atom. The molecule has 2 N–H and O–H groups in total. The van der Waals surface area contributed by atoms with Crippen molar-refractivity contribution in [3.05, 3.63) is 35.4 Å². The van der Waals surface area contributed by atoms with Crippen molar-refractivity contribution >= 4 is 11.5 Å². The van der Waals surface area contributed by atoms with E-state index in [1.54, 1.807) is 7.11 Å². The van der Waals surface area contributed by atoms with Gasteiger partial charge in [-0.3, -0.25) is 0 Å². The summed E-state index contributed by atoms with van der Waals surface area (Å²) in [7, 11) is 1.59. The highest BCUT2D eigenvalue weighted by atomic mass is 16.5. The number of carboxylic acids is 1. The Balaban J connectivity index is 2.52. The van der Waals surface area contributed by atoms with Gasteiger partial charge in [0.25, 0.3) is 0 Å². The van der Waals surface area contributed by atoms with Gasteiger partial charge in [0.2, 0.25) is 0 Å². The molecule has 0 saturated carbocycles. The number of methoxy groups -OCH3 is 1. The lowest BCUT2D eigenvalue weighted by Crippen LogP contribution is -2.27. The van der Waals surface area contributed by atoms with Gasteiger partial charge < -0.3 is 15.2 Å². The second-order valence-corrected chi connectivity index (χ2v) is 3.89. The number of carboxylic acid groups (broad SMARTS) is 1. The molecule has 1 aromatic rings. The van der Waals surface area contributed by atoms with E-state index in [0.29, 0.717) is 30.8 Å². The third kappa shape index (κ3) is 2.31. The predicted molar refractivity (Wildman–Crippen MR) is 65.0 cm³/mol. The van der Waals surface area contributed by atoms with E-state index >= 15 is 0 Å². The molecule has 1 aliphatic heterocycles. The molecule has 0 aromatic heterocycles. The van der Waals surface area contributed by atoms with Crippen molar-refractivity contribution in [2.24, 2.45) is 0 Å². The maximum absolute atomic E-state index is 11.2. The monoisotopic (exact) mass is 233 g/mol. The molecule has 0 bridgehead atoms. The molecule has 17 heavy (non-hydrogen) atoms.